The van der Waals surface area contributed by atoms with Crippen LogP contribution in [0.1, 0.15) is 0 Å². The molecule has 1 heterocycles. The van der Waals surface area contributed by atoms with Gasteiger partial charge in [-0.25, -0.2) is 0 Å². The first kappa shape index (κ1) is 15.8. The second kappa shape index (κ2) is 6.91. The lowest BCUT2D eigenvalue weighted by molar-refractivity contribution is 0.261. The van der Waals surface area contributed by atoms with E-state index < -0.39 is 0 Å². The second-order valence-corrected chi connectivity index (χ2v) is 6.02. The van der Waals surface area contributed by atoms with E-state index in [9.17, 15) is 4.79 Å². The molecule has 0 aliphatic rings. The van der Waals surface area contributed by atoms with Gasteiger partial charge in [-0.2, -0.15) is 0 Å². The minimum Gasteiger partial charge on any atom is -0.492 e. The van der Waals surface area contributed by atoms with Crippen molar-refractivity contribution < 1.29 is 4.74 Å². The number of hydrogen-bond acceptors (Lipinski definition) is 3. The van der Waals surface area contributed by atoms with Crippen molar-refractivity contribution in [2.24, 2.45) is 7.05 Å². The molecule has 0 N–H and O–H groups in total. The summed E-state index contributed by atoms with van der Waals surface area (Å²) in [5, 5.41) is 0. The van der Waals surface area contributed by atoms with E-state index in [2.05, 4.69) is 20.8 Å². The number of aryl methyl sites for hydroxylation is 1. The average Bonchev–Trinajstić information content (AvgIpc) is 2.43. The highest BCUT2D eigenvalue weighted by Crippen LogP contribution is 2.29. The first-order valence-electron chi connectivity index (χ1n) is 6.71. The van der Waals surface area contributed by atoms with Gasteiger partial charge in [0, 0.05) is 35.9 Å². The maximum Gasteiger partial charge on any atom is 0.251 e. The average molecular weight is 351 g/mol. The Morgan fingerprint density at radius 2 is 2.05 bits per heavy atom. The van der Waals surface area contributed by atoms with Gasteiger partial charge in [0.05, 0.1) is 0 Å². The van der Waals surface area contributed by atoms with Crippen LogP contribution >= 0.6 is 15.9 Å². The Balaban J connectivity index is 2.25. The van der Waals surface area contributed by atoms with Gasteiger partial charge in [0.25, 0.3) is 5.56 Å². The minimum atomic E-state index is -0.0380. The van der Waals surface area contributed by atoms with Crippen LogP contribution in [0, 0.1) is 0 Å². The van der Waals surface area contributed by atoms with Crippen LogP contribution in [-0.4, -0.2) is 36.7 Å². The highest BCUT2D eigenvalue weighted by molar-refractivity contribution is 9.10. The van der Waals surface area contributed by atoms with Crippen LogP contribution in [0.2, 0.25) is 0 Å². The summed E-state index contributed by atoms with van der Waals surface area (Å²) >= 11 is 3.45. The summed E-state index contributed by atoms with van der Waals surface area (Å²) in [5.41, 5.74) is 1.94. The molecule has 0 amide bonds. The summed E-state index contributed by atoms with van der Waals surface area (Å²) in [4.78, 5) is 13.7. The Hall–Kier alpha value is -1.59. The predicted octanol–water partition coefficient (Wildman–Crippen LogP) is 2.76. The highest BCUT2D eigenvalue weighted by Gasteiger charge is 2.07. The monoisotopic (exact) mass is 350 g/mol. The standard InChI is InChI=1S/C16H19BrN2O2/c1-18(2)7-8-21-13-6-4-5-12(9-13)14-11-19(3)16(20)10-15(14)17/h4-6,9-11H,7-8H2,1-3H3. The zero-order valence-electron chi connectivity index (χ0n) is 12.5. The van der Waals surface area contributed by atoms with Crippen LogP contribution in [0.4, 0.5) is 0 Å². The molecule has 0 spiro atoms. The molecule has 2 rings (SSSR count). The molecule has 4 nitrogen and oxygen atoms in total. The fourth-order valence-corrected chi connectivity index (χ4v) is 2.45. The summed E-state index contributed by atoms with van der Waals surface area (Å²) in [5.74, 6) is 0.829. The van der Waals surface area contributed by atoms with Gasteiger partial charge in [-0.15, -0.1) is 0 Å². The summed E-state index contributed by atoms with van der Waals surface area (Å²) < 4.78 is 8.10. The molecule has 0 unspecified atom stereocenters. The number of ether oxygens (including phenoxy) is 1. The van der Waals surface area contributed by atoms with Crippen molar-refractivity contribution in [1.82, 2.24) is 9.47 Å². The van der Waals surface area contributed by atoms with Crippen molar-refractivity contribution in [3.63, 3.8) is 0 Å². The maximum atomic E-state index is 11.6. The lowest BCUT2D eigenvalue weighted by atomic mass is 10.1. The van der Waals surface area contributed by atoms with Crippen LogP contribution < -0.4 is 10.3 Å². The number of aromatic nitrogens is 1. The fraction of sp³-hybridized carbons (Fsp3) is 0.312. The Kier molecular flexibility index (Phi) is 5.20. The van der Waals surface area contributed by atoms with E-state index in [4.69, 9.17) is 4.74 Å². The molecule has 21 heavy (non-hydrogen) atoms. The van der Waals surface area contributed by atoms with E-state index in [1.165, 1.54) is 0 Å². The van der Waals surface area contributed by atoms with E-state index >= 15 is 0 Å². The number of rotatable bonds is 5. The largest absolute Gasteiger partial charge is 0.492 e. The van der Waals surface area contributed by atoms with E-state index in [0.717, 1.165) is 27.9 Å². The van der Waals surface area contributed by atoms with Gasteiger partial charge in [0.2, 0.25) is 0 Å². The number of benzene rings is 1. The quantitative estimate of drug-likeness (QED) is 0.831. The molecular formula is C16H19BrN2O2. The highest BCUT2D eigenvalue weighted by atomic mass is 79.9. The molecule has 112 valence electrons. The molecule has 0 fully saturated rings. The number of likely N-dealkylation sites (N-methyl/N-ethyl adjacent to an activating group) is 1. The molecule has 0 saturated carbocycles. The van der Waals surface area contributed by atoms with Crippen LogP contribution in [0.15, 0.2) is 45.8 Å². The minimum absolute atomic E-state index is 0.0380. The SMILES string of the molecule is CN(C)CCOc1cccc(-c2cn(C)c(=O)cc2Br)c1. The zero-order valence-corrected chi connectivity index (χ0v) is 14.1. The van der Waals surface area contributed by atoms with Crippen LogP contribution in [0.3, 0.4) is 0 Å². The lowest BCUT2D eigenvalue weighted by Gasteiger charge is -2.12. The predicted molar refractivity (Wildman–Crippen MR) is 88.9 cm³/mol. The van der Waals surface area contributed by atoms with Crippen molar-refractivity contribution in [2.75, 3.05) is 27.2 Å². The van der Waals surface area contributed by atoms with Crippen LogP contribution in [0.25, 0.3) is 11.1 Å². The van der Waals surface area contributed by atoms with Crippen molar-refractivity contribution in [3.8, 4) is 16.9 Å². The molecule has 0 radical (unpaired) electrons. The second-order valence-electron chi connectivity index (χ2n) is 5.16. The number of nitrogens with zero attached hydrogens (tertiary/aromatic N) is 2. The van der Waals surface area contributed by atoms with Crippen molar-refractivity contribution in [3.05, 3.63) is 51.4 Å². The van der Waals surface area contributed by atoms with E-state index in [1.54, 1.807) is 17.7 Å². The molecule has 1 aromatic heterocycles. The molecule has 0 bridgehead atoms. The summed E-state index contributed by atoms with van der Waals surface area (Å²) in [6.45, 7) is 1.51. The fourth-order valence-electron chi connectivity index (χ4n) is 1.92. The van der Waals surface area contributed by atoms with Crippen LogP contribution in [-0.2, 0) is 7.05 Å². The van der Waals surface area contributed by atoms with Crippen LogP contribution in [0.5, 0.6) is 5.75 Å². The lowest BCUT2D eigenvalue weighted by Crippen LogP contribution is -2.19. The van der Waals surface area contributed by atoms with Gasteiger partial charge >= 0.3 is 0 Å². The van der Waals surface area contributed by atoms with Crippen molar-refractivity contribution in [1.29, 1.82) is 0 Å². The molecule has 1 aromatic carbocycles. The van der Waals surface area contributed by atoms with Gasteiger partial charge in [0.15, 0.2) is 0 Å². The van der Waals surface area contributed by atoms with Gasteiger partial charge < -0.3 is 14.2 Å². The van der Waals surface area contributed by atoms with Gasteiger partial charge in [-0.3, -0.25) is 4.79 Å². The Morgan fingerprint density at radius 1 is 1.29 bits per heavy atom. The first-order chi connectivity index (χ1) is 9.97. The Labute approximate surface area is 133 Å². The molecule has 5 heteroatoms. The summed E-state index contributed by atoms with van der Waals surface area (Å²) in [7, 11) is 5.78. The van der Waals surface area contributed by atoms with Crippen molar-refractivity contribution in [2.45, 2.75) is 0 Å². The third kappa shape index (κ3) is 4.19. The summed E-state index contributed by atoms with van der Waals surface area (Å²) in [6, 6.07) is 9.46. The Bertz CT molecular complexity index is 680. The number of halogens is 1. The van der Waals surface area contributed by atoms with Gasteiger partial charge in [-0.1, -0.05) is 12.1 Å². The molecule has 0 aliphatic carbocycles. The number of pyridine rings is 1. The maximum absolute atomic E-state index is 11.6. The van der Waals surface area contributed by atoms with E-state index in [1.807, 2.05) is 44.6 Å². The third-order valence-corrected chi connectivity index (χ3v) is 3.79. The molecule has 0 aliphatic heterocycles. The molecule has 0 saturated heterocycles. The molecule has 2 aromatic rings. The third-order valence-electron chi connectivity index (χ3n) is 3.13. The smallest absolute Gasteiger partial charge is 0.251 e. The zero-order chi connectivity index (χ0) is 15.4. The van der Waals surface area contributed by atoms with E-state index in [0.29, 0.717) is 6.61 Å². The summed E-state index contributed by atoms with van der Waals surface area (Å²) in [6.07, 6.45) is 1.82. The van der Waals surface area contributed by atoms with Gasteiger partial charge in [-0.05, 0) is 47.7 Å². The Morgan fingerprint density at radius 3 is 2.76 bits per heavy atom. The molecular weight excluding hydrogens is 332 g/mol. The normalized spacial score (nSPS) is 10.9. The first-order valence-corrected chi connectivity index (χ1v) is 7.51. The topological polar surface area (TPSA) is 34.5 Å². The molecule has 0 atom stereocenters. The van der Waals surface area contributed by atoms with Gasteiger partial charge in [0.1, 0.15) is 12.4 Å². The number of hydrogen-bond donors (Lipinski definition) is 0. The van der Waals surface area contributed by atoms with E-state index in [-0.39, 0.29) is 5.56 Å². The van der Waals surface area contributed by atoms with Crippen molar-refractivity contribution >= 4 is 15.9 Å².